The second-order valence-electron chi connectivity index (χ2n) is 3.33. The van der Waals surface area contributed by atoms with Crippen LogP contribution in [0.3, 0.4) is 0 Å². The zero-order valence-corrected chi connectivity index (χ0v) is 11.0. The number of benzene rings is 1. The Morgan fingerprint density at radius 1 is 1.12 bits per heavy atom. The predicted molar refractivity (Wildman–Crippen MR) is 76.0 cm³/mol. The average Bonchev–Trinajstić information content (AvgIpc) is 2.30. The van der Waals surface area contributed by atoms with Gasteiger partial charge in [0, 0.05) is 15.5 Å². The number of pyridine rings is 1. The van der Waals surface area contributed by atoms with Gasteiger partial charge in [-0.2, -0.15) is 0 Å². The lowest BCUT2D eigenvalue weighted by Gasteiger charge is -2.07. The molecule has 2 rings (SSSR count). The van der Waals surface area contributed by atoms with Crippen LogP contribution < -0.4 is 10.6 Å². The summed E-state index contributed by atoms with van der Waals surface area (Å²) < 4.78 is 1.07. The van der Waals surface area contributed by atoms with Gasteiger partial charge >= 0.3 is 6.03 Å². The van der Waals surface area contributed by atoms with Gasteiger partial charge in [-0.05, 0) is 52.9 Å². The minimum absolute atomic E-state index is 0.278. The summed E-state index contributed by atoms with van der Waals surface area (Å²) in [6.07, 6.45) is 3.25. The largest absolute Gasteiger partial charge is 0.323 e. The molecule has 2 N–H and O–H groups in total. The molecule has 0 bridgehead atoms. The quantitative estimate of drug-likeness (QED) is 0.825. The number of carbonyl (C=O) groups is 1. The van der Waals surface area contributed by atoms with Crippen LogP contribution in [0.25, 0.3) is 0 Å². The normalized spacial score (nSPS) is 9.71. The number of anilines is 2. The summed E-state index contributed by atoms with van der Waals surface area (Å²) in [5.74, 6) is 0. The first-order valence-electron chi connectivity index (χ1n) is 4.97. The highest BCUT2D eigenvalue weighted by atomic mass is 127. The molecule has 0 aliphatic rings. The van der Waals surface area contributed by atoms with E-state index in [4.69, 9.17) is 0 Å². The standard InChI is InChI=1S/C12H10IN3O/c13-9-3-1-4-10(7-9)15-12(17)16-11-5-2-6-14-8-11/h1-8H,(H2,15,16,17). The minimum atomic E-state index is -0.278. The third kappa shape index (κ3) is 3.70. The van der Waals surface area contributed by atoms with Crippen LogP contribution in [0.5, 0.6) is 0 Å². The van der Waals surface area contributed by atoms with Gasteiger partial charge in [0.1, 0.15) is 0 Å². The Kier molecular flexibility index (Phi) is 3.92. The summed E-state index contributed by atoms with van der Waals surface area (Å²) in [6.45, 7) is 0. The summed E-state index contributed by atoms with van der Waals surface area (Å²) in [5, 5.41) is 5.44. The van der Waals surface area contributed by atoms with E-state index < -0.39 is 0 Å². The molecule has 0 unspecified atom stereocenters. The lowest BCUT2D eigenvalue weighted by molar-refractivity contribution is 0.262. The highest BCUT2D eigenvalue weighted by Crippen LogP contribution is 2.12. The van der Waals surface area contributed by atoms with Gasteiger partial charge in [0.25, 0.3) is 0 Å². The number of aromatic nitrogens is 1. The van der Waals surface area contributed by atoms with Crippen molar-refractivity contribution in [1.29, 1.82) is 0 Å². The molecular formula is C12H10IN3O. The highest BCUT2D eigenvalue weighted by Gasteiger charge is 2.02. The first kappa shape index (κ1) is 11.8. The number of amides is 2. The molecule has 0 radical (unpaired) electrons. The summed E-state index contributed by atoms with van der Waals surface area (Å²) in [7, 11) is 0. The Balaban J connectivity index is 1.98. The first-order chi connectivity index (χ1) is 8.24. The second-order valence-corrected chi connectivity index (χ2v) is 4.58. The number of nitrogens with one attached hydrogen (secondary N) is 2. The Hall–Kier alpha value is -1.63. The molecular weight excluding hydrogens is 329 g/mol. The number of hydrogen-bond acceptors (Lipinski definition) is 2. The molecule has 1 heterocycles. The summed E-state index contributed by atoms with van der Waals surface area (Å²) in [6, 6.07) is 10.9. The molecule has 0 fully saturated rings. The Labute approximate surface area is 113 Å². The van der Waals surface area contributed by atoms with Crippen LogP contribution in [0.2, 0.25) is 0 Å². The molecule has 0 saturated carbocycles. The molecule has 1 aromatic heterocycles. The molecule has 0 aliphatic carbocycles. The maximum absolute atomic E-state index is 11.6. The lowest BCUT2D eigenvalue weighted by atomic mass is 10.3. The smallest absolute Gasteiger partial charge is 0.308 e. The predicted octanol–water partition coefficient (Wildman–Crippen LogP) is 3.33. The zero-order valence-electron chi connectivity index (χ0n) is 8.85. The monoisotopic (exact) mass is 339 g/mol. The van der Waals surface area contributed by atoms with Gasteiger partial charge in [0.15, 0.2) is 0 Å². The van der Waals surface area contributed by atoms with Crippen molar-refractivity contribution < 1.29 is 4.79 Å². The van der Waals surface area contributed by atoms with Crippen molar-refractivity contribution in [3.05, 3.63) is 52.4 Å². The summed E-state index contributed by atoms with van der Waals surface area (Å²) >= 11 is 2.19. The van der Waals surface area contributed by atoms with Gasteiger partial charge in [-0.1, -0.05) is 6.07 Å². The molecule has 2 amide bonds. The molecule has 5 heteroatoms. The second kappa shape index (κ2) is 5.62. The van der Waals surface area contributed by atoms with Crippen LogP contribution in [0, 0.1) is 3.57 Å². The Bertz CT molecular complexity index is 516. The summed E-state index contributed by atoms with van der Waals surface area (Å²) in [4.78, 5) is 15.6. The van der Waals surface area contributed by atoms with Crippen molar-refractivity contribution in [2.45, 2.75) is 0 Å². The molecule has 0 spiro atoms. The Morgan fingerprint density at radius 2 is 1.88 bits per heavy atom. The molecule has 0 aliphatic heterocycles. The molecule has 86 valence electrons. The maximum Gasteiger partial charge on any atom is 0.323 e. The van der Waals surface area contributed by atoms with Crippen molar-refractivity contribution >= 4 is 40.0 Å². The average molecular weight is 339 g/mol. The van der Waals surface area contributed by atoms with Gasteiger partial charge < -0.3 is 10.6 Å². The van der Waals surface area contributed by atoms with E-state index in [0.29, 0.717) is 5.69 Å². The van der Waals surface area contributed by atoms with Crippen molar-refractivity contribution in [1.82, 2.24) is 4.98 Å². The van der Waals surface area contributed by atoms with E-state index in [0.717, 1.165) is 9.26 Å². The SMILES string of the molecule is O=C(Nc1cccnc1)Nc1cccc(I)c1. The molecule has 2 aromatic rings. The van der Waals surface area contributed by atoms with Crippen molar-refractivity contribution in [3.8, 4) is 0 Å². The van der Waals surface area contributed by atoms with E-state index >= 15 is 0 Å². The number of carbonyl (C=O) groups excluding carboxylic acids is 1. The number of urea groups is 1. The number of rotatable bonds is 2. The van der Waals surface area contributed by atoms with Gasteiger partial charge in [0.2, 0.25) is 0 Å². The van der Waals surface area contributed by atoms with Crippen LogP contribution in [0.4, 0.5) is 16.2 Å². The van der Waals surface area contributed by atoms with Crippen LogP contribution in [0.1, 0.15) is 0 Å². The third-order valence-corrected chi connectivity index (χ3v) is 2.67. The van der Waals surface area contributed by atoms with E-state index in [1.54, 1.807) is 24.5 Å². The van der Waals surface area contributed by atoms with Crippen LogP contribution in [0.15, 0.2) is 48.8 Å². The van der Waals surface area contributed by atoms with Gasteiger partial charge in [-0.3, -0.25) is 4.98 Å². The maximum atomic E-state index is 11.6. The van der Waals surface area contributed by atoms with Crippen LogP contribution in [-0.4, -0.2) is 11.0 Å². The van der Waals surface area contributed by atoms with Crippen molar-refractivity contribution in [2.75, 3.05) is 10.6 Å². The molecule has 17 heavy (non-hydrogen) atoms. The van der Waals surface area contributed by atoms with Crippen LogP contribution >= 0.6 is 22.6 Å². The highest BCUT2D eigenvalue weighted by molar-refractivity contribution is 14.1. The van der Waals surface area contributed by atoms with Gasteiger partial charge in [-0.25, -0.2) is 4.79 Å². The third-order valence-electron chi connectivity index (χ3n) is 2.00. The molecule has 1 aromatic carbocycles. The first-order valence-corrected chi connectivity index (χ1v) is 6.05. The fourth-order valence-electron chi connectivity index (χ4n) is 1.30. The number of nitrogens with zero attached hydrogens (tertiary/aromatic N) is 1. The fourth-order valence-corrected chi connectivity index (χ4v) is 1.84. The molecule has 0 saturated heterocycles. The van der Waals surface area contributed by atoms with Crippen LogP contribution in [-0.2, 0) is 0 Å². The van der Waals surface area contributed by atoms with E-state index in [1.165, 1.54) is 0 Å². The fraction of sp³-hybridized carbons (Fsp3) is 0. The Morgan fingerprint density at radius 3 is 2.59 bits per heavy atom. The van der Waals surface area contributed by atoms with E-state index in [1.807, 2.05) is 24.3 Å². The molecule has 0 atom stereocenters. The van der Waals surface area contributed by atoms with E-state index in [-0.39, 0.29) is 6.03 Å². The summed E-state index contributed by atoms with van der Waals surface area (Å²) in [5.41, 5.74) is 1.42. The van der Waals surface area contributed by atoms with Crippen molar-refractivity contribution in [3.63, 3.8) is 0 Å². The van der Waals surface area contributed by atoms with E-state index in [9.17, 15) is 4.79 Å². The van der Waals surface area contributed by atoms with Gasteiger partial charge in [-0.15, -0.1) is 0 Å². The van der Waals surface area contributed by atoms with Gasteiger partial charge in [0.05, 0.1) is 11.9 Å². The number of halogens is 1. The zero-order chi connectivity index (χ0) is 12.1. The molecule has 4 nitrogen and oxygen atoms in total. The minimum Gasteiger partial charge on any atom is -0.308 e. The number of hydrogen-bond donors (Lipinski definition) is 2. The lowest BCUT2D eigenvalue weighted by Crippen LogP contribution is -2.19. The van der Waals surface area contributed by atoms with Crippen molar-refractivity contribution in [2.24, 2.45) is 0 Å². The topological polar surface area (TPSA) is 54.0 Å². The van der Waals surface area contributed by atoms with E-state index in [2.05, 4.69) is 38.2 Å².